The number of halogens is 1. The summed E-state index contributed by atoms with van der Waals surface area (Å²) in [4.78, 5) is 10.0. The molecule has 0 aliphatic heterocycles. The fourth-order valence-corrected chi connectivity index (χ4v) is 0.788. The van der Waals surface area contributed by atoms with Gasteiger partial charge in [0.15, 0.2) is 0 Å². The van der Waals surface area contributed by atoms with E-state index in [4.69, 9.17) is 26.9 Å². The highest BCUT2D eigenvalue weighted by molar-refractivity contribution is 6.18. The minimum absolute atomic E-state index is 0.00972. The zero-order chi connectivity index (χ0) is 8.85. The van der Waals surface area contributed by atoms with E-state index in [1.807, 2.05) is 0 Å². The van der Waals surface area contributed by atoms with Crippen molar-refractivity contribution >= 4 is 17.6 Å². The van der Waals surface area contributed by atoms with Gasteiger partial charge in [-0.05, 0) is 0 Å². The molecule has 0 aliphatic rings. The van der Waals surface area contributed by atoms with E-state index in [0.717, 1.165) is 0 Å². The van der Waals surface area contributed by atoms with E-state index in [1.54, 1.807) is 0 Å². The zero-order valence-corrected chi connectivity index (χ0v) is 6.66. The molecule has 0 spiro atoms. The van der Waals surface area contributed by atoms with Gasteiger partial charge in [-0.3, -0.25) is 4.79 Å². The van der Waals surface area contributed by atoms with Gasteiger partial charge in [-0.2, -0.15) is 0 Å². The van der Waals surface area contributed by atoms with E-state index < -0.39 is 18.2 Å². The molecule has 4 nitrogen and oxygen atoms in total. The number of alkyl halides is 1. The highest BCUT2D eigenvalue weighted by Crippen LogP contribution is 2.03. The minimum atomic E-state index is -1.08. The van der Waals surface area contributed by atoms with E-state index in [0.29, 0.717) is 0 Å². The Labute approximate surface area is 69.4 Å². The number of aliphatic carboxylic acids is 1. The first-order chi connectivity index (χ1) is 5.06. The van der Waals surface area contributed by atoms with Crippen molar-refractivity contribution < 1.29 is 20.1 Å². The average molecular weight is 183 g/mol. The molecule has 3 N–H and O–H groups in total. The van der Waals surface area contributed by atoms with Crippen LogP contribution in [0.4, 0.5) is 0 Å². The molecule has 0 unspecified atom stereocenters. The van der Waals surface area contributed by atoms with E-state index >= 15 is 0 Å². The van der Waals surface area contributed by atoms with Crippen molar-refractivity contribution in [2.45, 2.75) is 25.0 Å². The number of aliphatic hydroxyl groups is 2. The third kappa shape index (κ3) is 6.09. The van der Waals surface area contributed by atoms with Gasteiger partial charge in [0, 0.05) is 12.3 Å². The maximum Gasteiger partial charge on any atom is 0.305 e. The molecule has 0 rings (SSSR count). The molecule has 0 heterocycles. The monoisotopic (exact) mass is 182 g/mol. The Hall–Kier alpha value is -0.320. The predicted octanol–water partition coefficient (Wildman–Crippen LogP) is -0.188. The smallest absolute Gasteiger partial charge is 0.305 e. The molecule has 2 atom stereocenters. The molecule has 0 aliphatic carbocycles. The van der Waals surface area contributed by atoms with Crippen LogP contribution in [0.3, 0.4) is 0 Å². The fraction of sp³-hybridized carbons (Fsp3) is 0.833. The van der Waals surface area contributed by atoms with Crippen molar-refractivity contribution in [2.24, 2.45) is 0 Å². The normalized spacial score (nSPS) is 15.9. The Balaban J connectivity index is 3.51. The molecule has 11 heavy (non-hydrogen) atoms. The second-order valence-electron chi connectivity index (χ2n) is 2.30. The predicted molar refractivity (Wildman–Crippen MR) is 39.6 cm³/mol. The molecule has 66 valence electrons. The van der Waals surface area contributed by atoms with E-state index in [-0.39, 0.29) is 18.7 Å². The van der Waals surface area contributed by atoms with Gasteiger partial charge >= 0.3 is 5.97 Å². The van der Waals surface area contributed by atoms with E-state index in [9.17, 15) is 4.79 Å². The zero-order valence-electron chi connectivity index (χ0n) is 5.90. The van der Waals surface area contributed by atoms with E-state index in [2.05, 4.69) is 0 Å². The van der Waals surface area contributed by atoms with Crippen molar-refractivity contribution in [3.8, 4) is 0 Å². The van der Waals surface area contributed by atoms with Crippen LogP contribution in [0.2, 0.25) is 0 Å². The van der Waals surface area contributed by atoms with Crippen LogP contribution >= 0.6 is 11.6 Å². The summed E-state index contributed by atoms with van der Waals surface area (Å²) in [7, 11) is 0. The first-order valence-corrected chi connectivity index (χ1v) is 3.73. The number of aliphatic hydroxyl groups excluding tert-OH is 2. The van der Waals surface area contributed by atoms with Crippen LogP contribution < -0.4 is 0 Å². The molecule has 0 aromatic carbocycles. The highest BCUT2D eigenvalue weighted by Gasteiger charge is 2.13. The largest absolute Gasteiger partial charge is 0.481 e. The molecule has 5 heteroatoms. The van der Waals surface area contributed by atoms with Crippen LogP contribution in [-0.2, 0) is 4.79 Å². The second-order valence-corrected chi connectivity index (χ2v) is 2.60. The SMILES string of the molecule is O=C(O)C[C@@H](O)C[C@@H](O)CCl. The van der Waals surface area contributed by atoms with Crippen LogP contribution in [0.15, 0.2) is 0 Å². The van der Waals surface area contributed by atoms with Crippen molar-refractivity contribution in [2.75, 3.05) is 5.88 Å². The molecule has 0 fully saturated rings. The van der Waals surface area contributed by atoms with Gasteiger partial charge in [0.2, 0.25) is 0 Å². The van der Waals surface area contributed by atoms with Crippen LogP contribution in [0.5, 0.6) is 0 Å². The van der Waals surface area contributed by atoms with Crippen molar-refractivity contribution in [3.63, 3.8) is 0 Å². The number of rotatable bonds is 5. The summed E-state index contributed by atoms with van der Waals surface area (Å²) in [5.74, 6) is -1.07. The number of carboxylic acid groups (broad SMARTS) is 1. The minimum Gasteiger partial charge on any atom is -0.481 e. The number of hydrogen-bond acceptors (Lipinski definition) is 3. The molecule has 0 aromatic heterocycles. The summed E-state index contributed by atoms with van der Waals surface area (Å²) >= 11 is 5.22. The summed E-state index contributed by atoms with van der Waals surface area (Å²) in [5.41, 5.74) is 0. The van der Waals surface area contributed by atoms with Crippen LogP contribution in [0.25, 0.3) is 0 Å². The Morgan fingerprint density at radius 3 is 2.27 bits per heavy atom. The lowest BCUT2D eigenvalue weighted by molar-refractivity contribution is -0.139. The molecule has 0 bridgehead atoms. The van der Waals surface area contributed by atoms with Crippen molar-refractivity contribution in [1.29, 1.82) is 0 Å². The maximum absolute atomic E-state index is 10.0. The number of carboxylic acids is 1. The summed E-state index contributed by atoms with van der Waals surface area (Å²) in [6, 6.07) is 0. The van der Waals surface area contributed by atoms with Crippen molar-refractivity contribution in [3.05, 3.63) is 0 Å². The molecule has 0 amide bonds. The fourth-order valence-electron chi connectivity index (χ4n) is 0.662. The summed E-state index contributed by atoms with van der Waals surface area (Å²) in [5, 5.41) is 26.0. The topological polar surface area (TPSA) is 77.8 Å². The number of hydrogen-bond donors (Lipinski definition) is 3. The molecular weight excluding hydrogens is 172 g/mol. The van der Waals surface area contributed by atoms with Gasteiger partial charge in [-0.25, -0.2) is 0 Å². The molecule has 0 saturated heterocycles. The van der Waals surface area contributed by atoms with Gasteiger partial charge in [-0.1, -0.05) is 0 Å². The Morgan fingerprint density at radius 2 is 1.91 bits per heavy atom. The third-order valence-electron chi connectivity index (χ3n) is 1.13. The van der Waals surface area contributed by atoms with Crippen LogP contribution in [-0.4, -0.2) is 39.4 Å². The highest BCUT2D eigenvalue weighted by atomic mass is 35.5. The van der Waals surface area contributed by atoms with Gasteiger partial charge in [0.05, 0.1) is 18.6 Å². The standard InChI is InChI=1S/C6H11ClO4/c7-3-5(9)1-4(8)2-6(10)11/h4-5,8-9H,1-3H2,(H,10,11)/t4-,5+/m0/s1. The van der Waals surface area contributed by atoms with E-state index in [1.165, 1.54) is 0 Å². The lowest BCUT2D eigenvalue weighted by Gasteiger charge is -2.10. The second kappa shape index (κ2) is 5.35. The first kappa shape index (κ1) is 10.7. The molecule has 0 saturated carbocycles. The van der Waals surface area contributed by atoms with Gasteiger partial charge < -0.3 is 15.3 Å². The summed E-state index contributed by atoms with van der Waals surface area (Å²) in [6.07, 6.45) is -2.18. The Morgan fingerprint density at radius 1 is 1.36 bits per heavy atom. The first-order valence-electron chi connectivity index (χ1n) is 3.20. The molecular formula is C6H11ClO4. The Kier molecular flexibility index (Phi) is 5.19. The lowest BCUT2D eigenvalue weighted by atomic mass is 10.1. The molecule has 0 radical (unpaired) electrons. The number of carbonyl (C=O) groups is 1. The summed E-state index contributed by atoms with van der Waals surface area (Å²) in [6.45, 7) is 0. The molecule has 0 aromatic rings. The van der Waals surface area contributed by atoms with Crippen molar-refractivity contribution in [1.82, 2.24) is 0 Å². The lowest BCUT2D eigenvalue weighted by Crippen LogP contribution is -2.21. The van der Waals surface area contributed by atoms with Gasteiger partial charge in [0.1, 0.15) is 0 Å². The van der Waals surface area contributed by atoms with Crippen LogP contribution in [0, 0.1) is 0 Å². The van der Waals surface area contributed by atoms with Gasteiger partial charge in [-0.15, -0.1) is 11.6 Å². The van der Waals surface area contributed by atoms with Gasteiger partial charge in [0.25, 0.3) is 0 Å². The Bertz CT molecular complexity index is 128. The maximum atomic E-state index is 10.0. The summed E-state index contributed by atoms with van der Waals surface area (Å²) < 4.78 is 0. The third-order valence-corrected chi connectivity index (χ3v) is 1.49. The average Bonchev–Trinajstić information content (AvgIpc) is 1.85. The quantitative estimate of drug-likeness (QED) is 0.515. The van der Waals surface area contributed by atoms with Crippen LogP contribution in [0.1, 0.15) is 12.8 Å².